The quantitative estimate of drug-likeness (QED) is 0.723. The molecule has 0 aliphatic rings. The molecule has 0 heterocycles. The van der Waals surface area contributed by atoms with Crippen LogP contribution in [0.25, 0.3) is 0 Å². The maximum atomic E-state index is 12.1. The molecule has 8 heteroatoms. The third-order valence-corrected chi connectivity index (χ3v) is 3.80. The highest BCUT2D eigenvalue weighted by molar-refractivity contribution is 5.97. The predicted octanol–water partition coefficient (Wildman–Crippen LogP) is 3.20. The Labute approximate surface area is 160 Å². The summed E-state index contributed by atoms with van der Waals surface area (Å²) < 4.78 is 40.7. The zero-order chi connectivity index (χ0) is 20.6. The number of carbonyl (C=O) groups excluding carboxylic acids is 2. The van der Waals surface area contributed by atoms with Gasteiger partial charge in [-0.2, -0.15) is 13.2 Å². The van der Waals surface area contributed by atoms with Crippen molar-refractivity contribution in [2.24, 2.45) is 0 Å². The Morgan fingerprint density at radius 2 is 1.61 bits per heavy atom. The van der Waals surface area contributed by atoms with Crippen LogP contribution in [0.5, 0.6) is 0 Å². The highest BCUT2D eigenvalue weighted by Crippen LogP contribution is 2.15. The first kappa shape index (κ1) is 21.4. The minimum absolute atomic E-state index is 0.144. The molecule has 28 heavy (non-hydrogen) atoms. The van der Waals surface area contributed by atoms with Crippen LogP contribution in [0.2, 0.25) is 0 Å². The normalized spacial score (nSPS) is 12.3. The van der Waals surface area contributed by atoms with E-state index in [4.69, 9.17) is 0 Å². The number of halogens is 3. The molecule has 5 nitrogen and oxygen atoms in total. The summed E-state index contributed by atoms with van der Waals surface area (Å²) in [6.45, 7) is 0.372. The van der Waals surface area contributed by atoms with Crippen molar-refractivity contribution in [3.8, 4) is 0 Å². The molecular formula is C20H21F3N2O3. The highest BCUT2D eigenvalue weighted by atomic mass is 19.4. The second-order valence-electron chi connectivity index (χ2n) is 6.20. The van der Waals surface area contributed by atoms with Gasteiger partial charge in [-0.05, 0) is 30.2 Å². The summed E-state index contributed by atoms with van der Waals surface area (Å²) in [5.74, 6) is -0.687. The fourth-order valence-electron chi connectivity index (χ4n) is 2.32. The van der Waals surface area contributed by atoms with Gasteiger partial charge in [-0.25, -0.2) is 0 Å². The lowest BCUT2D eigenvalue weighted by Crippen LogP contribution is -2.44. The summed E-state index contributed by atoms with van der Waals surface area (Å²) in [5.41, 5.74) is 1.84. The van der Waals surface area contributed by atoms with Crippen LogP contribution in [0, 0.1) is 0 Å². The molecule has 2 N–H and O–H groups in total. The molecule has 0 aliphatic heterocycles. The van der Waals surface area contributed by atoms with Gasteiger partial charge in [0, 0.05) is 12.1 Å². The Bertz CT molecular complexity index is 778. The smallest absolute Gasteiger partial charge is 0.367 e. The average Bonchev–Trinajstić information content (AvgIpc) is 2.66. The van der Waals surface area contributed by atoms with Gasteiger partial charge in [0.2, 0.25) is 5.91 Å². The Balaban J connectivity index is 1.76. The molecule has 2 aromatic carbocycles. The van der Waals surface area contributed by atoms with Gasteiger partial charge in [0.05, 0.1) is 6.61 Å². The molecule has 1 unspecified atom stereocenters. The van der Waals surface area contributed by atoms with Crippen molar-refractivity contribution < 1.29 is 27.5 Å². The standard InChI is InChI=1S/C20H21F3N2O3/c1-14(25-19(27)17-5-3-2-4-6-17)18(26)24-11-15-7-9-16(10-8-15)12-28-13-20(21,22)23/h2-10,14H,11-13H2,1H3,(H,24,26)(H,25,27). The van der Waals surface area contributed by atoms with Crippen LogP contribution in [0.3, 0.4) is 0 Å². The topological polar surface area (TPSA) is 67.4 Å². The number of amides is 2. The number of benzene rings is 2. The van der Waals surface area contributed by atoms with E-state index in [1.807, 2.05) is 0 Å². The zero-order valence-electron chi connectivity index (χ0n) is 15.3. The predicted molar refractivity (Wildman–Crippen MR) is 97.4 cm³/mol. The number of hydrogen-bond donors (Lipinski definition) is 2. The first-order valence-electron chi connectivity index (χ1n) is 8.60. The van der Waals surface area contributed by atoms with Crippen molar-refractivity contribution in [1.82, 2.24) is 10.6 Å². The van der Waals surface area contributed by atoms with Crippen LogP contribution in [-0.4, -0.2) is 30.6 Å². The van der Waals surface area contributed by atoms with Crippen molar-refractivity contribution >= 4 is 11.8 Å². The maximum absolute atomic E-state index is 12.1. The number of carbonyl (C=O) groups is 2. The van der Waals surface area contributed by atoms with Crippen LogP contribution in [0.1, 0.15) is 28.4 Å². The average molecular weight is 394 g/mol. The molecule has 0 radical (unpaired) electrons. The zero-order valence-corrected chi connectivity index (χ0v) is 15.3. The fraction of sp³-hybridized carbons (Fsp3) is 0.300. The van der Waals surface area contributed by atoms with Gasteiger partial charge in [0.25, 0.3) is 5.91 Å². The van der Waals surface area contributed by atoms with E-state index in [0.29, 0.717) is 11.1 Å². The number of hydrogen-bond acceptors (Lipinski definition) is 3. The molecule has 0 fully saturated rings. The van der Waals surface area contributed by atoms with Gasteiger partial charge in [-0.15, -0.1) is 0 Å². The summed E-state index contributed by atoms with van der Waals surface area (Å²) in [7, 11) is 0. The second-order valence-corrected chi connectivity index (χ2v) is 6.20. The largest absolute Gasteiger partial charge is 0.411 e. The molecule has 150 valence electrons. The van der Waals surface area contributed by atoms with Crippen molar-refractivity contribution in [2.75, 3.05) is 6.61 Å². The number of rotatable bonds is 8. The lowest BCUT2D eigenvalue weighted by atomic mass is 10.1. The molecule has 0 bridgehead atoms. The summed E-state index contributed by atoms with van der Waals surface area (Å²) >= 11 is 0. The monoisotopic (exact) mass is 394 g/mol. The Morgan fingerprint density at radius 1 is 1.00 bits per heavy atom. The summed E-state index contributed by atoms with van der Waals surface area (Å²) in [4.78, 5) is 24.2. The van der Waals surface area contributed by atoms with Crippen molar-refractivity contribution in [3.63, 3.8) is 0 Å². The van der Waals surface area contributed by atoms with E-state index >= 15 is 0 Å². The number of nitrogens with one attached hydrogen (secondary N) is 2. The molecule has 0 aliphatic carbocycles. The van der Waals surface area contributed by atoms with E-state index in [0.717, 1.165) is 5.56 Å². The van der Waals surface area contributed by atoms with E-state index in [1.54, 1.807) is 61.5 Å². The van der Waals surface area contributed by atoms with Crippen LogP contribution < -0.4 is 10.6 Å². The molecule has 2 aromatic rings. The van der Waals surface area contributed by atoms with Crippen LogP contribution in [-0.2, 0) is 22.7 Å². The summed E-state index contributed by atoms with van der Waals surface area (Å²) in [6.07, 6.45) is -4.35. The van der Waals surface area contributed by atoms with Gasteiger partial charge in [-0.1, -0.05) is 42.5 Å². The lowest BCUT2D eigenvalue weighted by Gasteiger charge is -2.14. The van der Waals surface area contributed by atoms with E-state index in [-0.39, 0.29) is 25.0 Å². The molecule has 1 atom stereocenters. The molecule has 0 spiro atoms. The highest BCUT2D eigenvalue weighted by Gasteiger charge is 2.27. The molecule has 2 amide bonds. The van der Waals surface area contributed by atoms with Gasteiger partial charge in [-0.3, -0.25) is 9.59 Å². The van der Waals surface area contributed by atoms with Crippen molar-refractivity contribution in [1.29, 1.82) is 0 Å². The summed E-state index contributed by atoms with van der Waals surface area (Å²) in [6, 6.07) is 14.5. The molecule has 0 saturated carbocycles. The van der Waals surface area contributed by atoms with Crippen LogP contribution in [0.4, 0.5) is 13.2 Å². The Morgan fingerprint density at radius 3 is 2.21 bits per heavy atom. The van der Waals surface area contributed by atoms with E-state index in [2.05, 4.69) is 15.4 Å². The van der Waals surface area contributed by atoms with Gasteiger partial charge in [0.1, 0.15) is 12.6 Å². The Kier molecular flexibility index (Phi) is 7.57. The maximum Gasteiger partial charge on any atom is 0.411 e. The minimum atomic E-state index is -4.35. The molecule has 0 saturated heterocycles. The van der Waals surface area contributed by atoms with Crippen LogP contribution >= 0.6 is 0 Å². The summed E-state index contributed by atoms with van der Waals surface area (Å²) in [5, 5.41) is 5.32. The molecule has 0 aromatic heterocycles. The second kappa shape index (κ2) is 9.89. The van der Waals surface area contributed by atoms with E-state index in [1.165, 1.54) is 0 Å². The van der Waals surface area contributed by atoms with Gasteiger partial charge < -0.3 is 15.4 Å². The SMILES string of the molecule is CC(NC(=O)c1ccccc1)C(=O)NCc1ccc(COCC(F)(F)F)cc1. The lowest BCUT2D eigenvalue weighted by molar-refractivity contribution is -0.176. The first-order chi connectivity index (χ1) is 13.2. The first-order valence-corrected chi connectivity index (χ1v) is 8.60. The minimum Gasteiger partial charge on any atom is -0.367 e. The third-order valence-electron chi connectivity index (χ3n) is 3.80. The Hall–Kier alpha value is -2.87. The van der Waals surface area contributed by atoms with E-state index in [9.17, 15) is 22.8 Å². The third kappa shape index (κ3) is 7.40. The molecule has 2 rings (SSSR count). The van der Waals surface area contributed by atoms with Gasteiger partial charge >= 0.3 is 6.18 Å². The van der Waals surface area contributed by atoms with Crippen LogP contribution in [0.15, 0.2) is 54.6 Å². The van der Waals surface area contributed by atoms with Gasteiger partial charge in [0.15, 0.2) is 0 Å². The number of ether oxygens (including phenoxy) is 1. The van der Waals surface area contributed by atoms with Crippen molar-refractivity contribution in [2.45, 2.75) is 32.3 Å². The number of alkyl halides is 3. The van der Waals surface area contributed by atoms with E-state index < -0.39 is 18.8 Å². The molecular weight excluding hydrogens is 373 g/mol. The van der Waals surface area contributed by atoms with Crippen molar-refractivity contribution in [3.05, 3.63) is 71.3 Å². The fourth-order valence-corrected chi connectivity index (χ4v) is 2.32.